The third-order valence-electron chi connectivity index (χ3n) is 2.03. The Morgan fingerprint density at radius 1 is 1.44 bits per heavy atom. The maximum atomic E-state index is 4.19. The molecule has 0 saturated heterocycles. The summed E-state index contributed by atoms with van der Waals surface area (Å²) in [5.41, 5.74) is 0. The largest absolute Gasteiger partial charge is 0.369 e. The first kappa shape index (κ1) is 11.1. The minimum Gasteiger partial charge on any atom is -0.369 e. The zero-order valence-corrected chi connectivity index (χ0v) is 10.5. The molecule has 0 aromatic carbocycles. The van der Waals surface area contributed by atoms with Gasteiger partial charge in [0.15, 0.2) is 5.82 Å². The van der Waals surface area contributed by atoms with Crippen molar-refractivity contribution in [2.45, 2.75) is 13.3 Å². The lowest BCUT2D eigenvalue weighted by Gasteiger charge is -2.09. The lowest BCUT2D eigenvalue weighted by molar-refractivity contribution is 0.832. The lowest BCUT2D eigenvalue weighted by Crippen LogP contribution is -2.07. The monoisotopic (exact) mass is 281 g/mol. The van der Waals surface area contributed by atoms with Crippen LogP contribution in [0.15, 0.2) is 29.3 Å². The highest BCUT2D eigenvalue weighted by Gasteiger charge is 2.09. The van der Waals surface area contributed by atoms with Crippen LogP contribution >= 0.6 is 15.9 Å². The summed E-state index contributed by atoms with van der Waals surface area (Å²) in [6, 6.07) is 1.85. The zero-order valence-electron chi connectivity index (χ0n) is 8.89. The first-order chi connectivity index (χ1) is 7.83. The molecule has 0 bridgehead atoms. The van der Waals surface area contributed by atoms with Gasteiger partial charge in [-0.25, -0.2) is 14.6 Å². The normalized spacial score (nSPS) is 10.4. The molecule has 1 N–H and O–H groups in total. The lowest BCUT2D eigenvalue weighted by atomic mass is 10.4. The molecule has 84 valence electrons. The molecule has 0 atom stereocenters. The second-order valence-electron chi connectivity index (χ2n) is 3.24. The molecule has 5 nitrogen and oxygen atoms in total. The van der Waals surface area contributed by atoms with Gasteiger partial charge in [0, 0.05) is 18.9 Å². The van der Waals surface area contributed by atoms with Gasteiger partial charge in [0.25, 0.3) is 0 Å². The van der Waals surface area contributed by atoms with Gasteiger partial charge in [0.2, 0.25) is 0 Å². The van der Waals surface area contributed by atoms with Gasteiger partial charge in [-0.05, 0) is 28.4 Å². The summed E-state index contributed by atoms with van der Waals surface area (Å²) >= 11 is 3.48. The quantitative estimate of drug-likeness (QED) is 0.934. The van der Waals surface area contributed by atoms with Crippen molar-refractivity contribution in [1.29, 1.82) is 0 Å². The molecule has 0 spiro atoms. The van der Waals surface area contributed by atoms with Gasteiger partial charge in [0.05, 0.1) is 0 Å². The van der Waals surface area contributed by atoms with Crippen molar-refractivity contribution in [1.82, 2.24) is 19.7 Å². The second kappa shape index (κ2) is 5.07. The first-order valence-corrected chi connectivity index (χ1v) is 5.86. The van der Waals surface area contributed by atoms with Crippen LogP contribution in [0.5, 0.6) is 0 Å². The molecule has 16 heavy (non-hydrogen) atoms. The van der Waals surface area contributed by atoms with Crippen molar-refractivity contribution in [3.05, 3.63) is 29.3 Å². The Morgan fingerprint density at radius 2 is 2.31 bits per heavy atom. The van der Waals surface area contributed by atoms with Crippen molar-refractivity contribution in [3.8, 4) is 5.82 Å². The Bertz CT molecular complexity index is 454. The summed E-state index contributed by atoms with van der Waals surface area (Å²) in [4.78, 5) is 8.37. The van der Waals surface area contributed by atoms with Gasteiger partial charge in [-0.2, -0.15) is 5.10 Å². The minimum absolute atomic E-state index is 0.735. The number of nitrogens with zero attached hydrogens (tertiary/aromatic N) is 4. The average molecular weight is 282 g/mol. The summed E-state index contributed by atoms with van der Waals surface area (Å²) in [5, 5.41) is 7.36. The molecule has 2 aromatic heterocycles. The van der Waals surface area contributed by atoms with Crippen LogP contribution in [-0.2, 0) is 0 Å². The average Bonchev–Trinajstić information content (AvgIpc) is 2.81. The standard InChI is InChI=1S/C10H12BrN5/c1-2-4-12-9-8(11)10(14-7-13-9)16-6-3-5-15-16/h3,5-7H,2,4H2,1H3,(H,12,13,14). The van der Waals surface area contributed by atoms with Gasteiger partial charge < -0.3 is 5.32 Å². The van der Waals surface area contributed by atoms with E-state index in [1.165, 1.54) is 6.33 Å². The van der Waals surface area contributed by atoms with Crippen LogP contribution in [-0.4, -0.2) is 26.3 Å². The van der Waals surface area contributed by atoms with Crippen LogP contribution in [0, 0.1) is 0 Å². The predicted octanol–water partition coefficient (Wildman–Crippen LogP) is 2.25. The van der Waals surface area contributed by atoms with E-state index < -0.39 is 0 Å². The molecule has 0 fully saturated rings. The van der Waals surface area contributed by atoms with E-state index >= 15 is 0 Å². The maximum Gasteiger partial charge on any atom is 0.173 e. The highest BCUT2D eigenvalue weighted by molar-refractivity contribution is 9.10. The summed E-state index contributed by atoms with van der Waals surface area (Å²) in [7, 11) is 0. The van der Waals surface area contributed by atoms with Crippen LogP contribution < -0.4 is 5.32 Å². The van der Waals surface area contributed by atoms with Gasteiger partial charge >= 0.3 is 0 Å². The maximum absolute atomic E-state index is 4.19. The Labute approximate surface area is 102 Å². The predicted molar refractivity (Wildman–Crippen MR) is 65.6 cm³/mol. The highest BCUT2D eigenvalue weighted by Crippen LogP contribution is 2.24. The van der Waals surface area contributed by atoms with Crippen LogP contribution in [0.3, 0.4) is 0 Å². The van der Waals surface area contributed by atoms with Crippen LogP contribution in [0.1, 0.15) is 13.3 Å². The Balaban J connectivity index is 2.33. The SMILES string of the molecule is CCCNc1ncnc(-n2cccn2)c1Br. The molecule has 0 aliphatic rings. The fourth-order valence-electron chi connectivity index (χ4n) is 1.28. The molecule has 2 aromatic rings. The molecular weight excluding hydrogens is 270 g/mol. The van der Waals surface area contributed by atoms with Crippen molar-refractivity contribution < 1.29 is 0 Å². The molecule has 0 amide bonds. The molecule has 2 heterocycles. The van der Waals surface area contributed by atoms with E-state index in [2.05, 4.69) is 43.2 Å². The van der Waals surface area contributed by atoms with E-state index in [1.807, 2.05) is 12.3 Å². The zero-order chi connectivity index (χ0) is 11.4. The topological polar surface area (TPSA) is 55.6 Å². The number of hydrogen-bond acceptors (Lipinski definition) is 4. The Hall–Kier alpha value is -1.43. The van der Waals surface area contributed by atoms with Crippen LogP contribution in [0.4, 0.5) is 5.82 Å². The molecule has 0 aliphatic carbocycles. The van der Waals surface area contributed by atoms with Gasteiger partial charge in [-0.15, -0.1) is 0 Å². The van der Waals surface area contributed by atoms with E-state index in [4.69, 9.17) is 0 Å². The van der Waals surface area contributed by atoms with E-state index in [0.29, 0.717) is 0 Å². The fourth-order valence-corrected chi connectivity index (χ4v) is 1.81. The van der Waals surface area contributed by atoms with Crippen LogP contribution in [0.2, 0.25) is 0 Å². The van der Waals surface area contributed by atoms with Crippen LogP contribution in [0.25, 0.3) is 5.82 Å². The van der Waals surface area contributed by atoms with Crippen molar-refractivity contribution >= 4 is 21.7 Å². The van der Waals surface area contributed by atoms with Crippen molar-refractivity contribution in [3.63, 3.8) is 0 Å². The molecule has 6 heteroatoms. The summed E-state index contributed by atoms with van der Waals surface area (Å²) < 4.78 is 2.52. The van der Waals surface area contributed by atoms with Gasteiger partial charge in [0.1, 0.15) is 16.6 Å². The van der Waals surface area contributed by atoms with Gasteiger partial charge in [-0.1, -0.05) is 6.92 Å². The van der Waals surface area contributed by atoms with Gasteiger partial charge in [-0.3, -0.25) is 0 Å². The van der Waals surface area contributed by atoms with E-state index in [0.717, 1.165) is 29.1 Å². The minimum atomic E-state index is 0.735. The third-order valence-corrected chi connectivity index (χ3v) is 2.77. The van der Waals surface area contributed by atoms with Crippen molar-refractivity contribution in [2.75, 3.05) is 11.9 Å². The molecule has 2 rings (SSSR count). The first-order valence-electron chi connectivity index (χ1n) is 5.07. The molecule has 0 unspecified atom stereocenters. The van der Waals surface area contributed by atoms with E-state index in [9.17, 15) is 0 Å². The number of rotatable bonds is 4. The Morgan fingerprint density at radius 3 is 3.00 bits per heavy atom. The number of aromatic nitrogens is 4. The fraction of sp³-hybridized carbons (Fsp3) is 0.300. The number of hydrogen-bond donors (Lipinski definition) is 1. The number of anilines is 1. The summed E-state index contributed by atoms with van der Waals surface area (Å²) in [5.74, 6) is 1.53. The van der Waals surface area contributed by atoms with Crippen molar-refractivity contribution in [2.24, 2.45) is 0 Å². The molecule has 0 aliphatic heterocycles. The molecule has 0 saturated carbocycles. The van der Waals surface area contributed by atoms with E-state index in [-0.39, 0.29) is 0 Å². The van der Waals surface area contributed by atoms with E-state index in [1.54, 1.807) is 10.9 Å². The molecular formula is C10H12BrN5. The Kier molecular flexibility index (Phi) is 3.51. The molecule has 0 radical (unpaired) electrons. The summed E-state index contributed by atoms with van der Waals surface area (Å²) in [6.45, 7) is 2.99. The highest BCUT2D eigenvalue weighted by atomic mass is 79.9. The summed E-state index contributed by atoms with van der Waals surface area (Å²) in [6.07, 6.45) is 6.14. The number of halogens is 1. The third kappa shape index (κ3) is 2.21. The smallest absolute Gasteiger partial charge is 0.173 e. The second-order valence-corrected chi connectivity index (χ2v) is 4.03. The number of nitrogens with one attached hydrogen (secondary N) is 1.